The van der Waals surface area contributed by atoms with Crippen LogP contribution >= 0.6 is 0 Å². The van der Waals surface area contributed by atoms with Gasteiger partial charge in [-0.05, 0) is 17.7 Å². The van der Waals surface area contributed by atoms with Gasteiger partial charge in [-0.1, -0.05) is 12.1 Å². The lowest BCUT2D eigenvalue weighted by atomic mass is 9.86. The van der Waals surface area contributed by atoms with Crippen molar-refractivity contribution in [2.75, 3.05) is 13.7 Å². The van der Waals surface area contributed by atoms with Gasteiger partial charge in [0.25, 0.3) is 0 Å². The van der Waals surface area contributed by atoms with Gasteiger partial charge in [-0.15, -0.1) is 0 Å². The van der Waals surface area contributed by atoms with E-state index in [9.17, 15) is 9.59 Å². The molecule has 2 heterocycles. The number of ether oxygens (including phenoxy) is 1. The molecular weight excluding hydrogens is 220 g/mol. The first-order valence-electron chi connectivity index (χ1n) is 5.44. The molecule has 2 aliphatic rings. The third-order valence-corrected chi connectivity index (χ3v) is 3.29. The van der Waals surface area contributed by atoms with E-state index >= 15 is 0 Å². The maximum Gasteiger partial charge on any atom is 0.248 e. The molecule has 0 spiro atoms. The number of β-lactam (4-membered cyclic amide) rings is 1. The molecule has 5 heteroatoms. The molecule has 2 aliphatic heterocycles. The number of carbonyl (C=O) groups excluding carboxylic acids is 2. The maximum absolute atomic E-state index is 11.6. The predicted molar refractivity (Wildman–Crippen MR) is 59.4 cm³/mol. The molecular formula is C12H12N2O3. The van der Waals surface area contributed by atoms with Crippen LogP contribution in [0.5, 0.6) is 5.75 Å². The minimum absolute atomic E-state index is 0.00502. The van der Waals surface area contributed by atoms with Crippen molar-refractivity contribution in [3.8, 4) is 5.75 Å². The van der Waals surface area contributed by atoms with E-state index in [0.29, 0.717) is 0 Å². The number of amides is 2. The summed E-state index contributed by atoms with van der Waals surface area (Å²) in [6.45, 7) is 0.159. The Morgan fingerprint density at radius 1 is 1.29 bits per heavy atom. The van der Waals surface area contributed by atoms with Crippen LogP contribution in [0.25, 0.3) is 0 Å². The van der Waals surface area contributed by atoms with Gasteiger partial charge >= 0.3 is 0 Å². The molecule has 17 heavy (non-hydrogen) atoms. The van der Waals surface area contributed by atoms with Crippen LogP contribution < -0.4 is 10.1 Å². The van der Waals surface area contributed by atoms with Gasteiger partial charge in [-0.25, -0.2) is 0 Å². The minimum atomic E-state index is -0.385. The number of piperazine rings is 2. The zero-order chi connectivity index (χ0) is 12.0. The molecule has 3 rings (SSSR count). The number of fused-ring (bicyclic) bond motifs is 2. The van der Waals surface area contributed by atoms with E-state index in [1.165, 1.54) is 0 Å². The Hall–Kier alpha value is -2.04. The zero-order valence-corrected chi connectivity index (χ0v) is 9.34. The molecule has 0 aromatic heterocycles. The van der Waals surface area contributed by atoms with Gasteiger partial charge < -0.3 is 15.0 Å². The molecule has 2 fully saturated rings. The third-order valence-electron chi connectivity index (χ3n) is 3.29. The van der Waals surface area contributed by atoms with Gasteiger partial charge in [0.2, 0.25) is 11.8 Å². The summed E-state index contributed by atoms with van der Waals surface area (Å²) in [5, 5.41) is 2.71. The van der Waals surface area contributed by atoms with Crippen molar-refractivity contribution >= 4 is 11.8 Å². The van der Waals surface area contributed by atoms with E-state index in [4.69, 9.17) is 4.74 Å². The highest BCUT2D eigenvalue weighted by Gasteiger charge is 2.53. The number of methoxy groups -OCH3 is 1. The van der Waals surface area contributed by atoms with Crippen LogP contribution in [0, 0.1) is 0 Å². The SMILES string of the molecule is COc1ccc(C2C3NC(=O)CN2C3=O)cc1. The van der Waals surface area contributed by atoms with Crippen molar-refractivity contribution < 1.29 is 14.3 Å². The van der Waals surface area contributed by atoms with Crippen LogP contribution in [0.2, 0.25) is 0 Å². The Morgan fingerprint density at radius 3 is 2.53 bits per heavy atom. The first-order valence-corrected chi connectivity index (χ1v) is 5.44. The second-order valence-corrected chi connectivity index (χ2v) is 4.23. The van der Waals surface area contributed by atoms with Crippen molar-refractivity contribution in [3.63, 3.8) is 0 Å². The second-order valence-electron chi connectivity index (χ2n) is 4.23. The molecule has 2 bridgehead atoms. The van der Waals surface area contributed by atoms with E-state index in [0.717, 1.165) is 11.3 Å². The normalized spacial score (nSPS) is 26.3. The molecule has 2 saturated heterocycles. The average Bonchev–Trinajstić information content (AvgIpc) is 2.37. The summed E-state index contributed by atoms with van der Waals surface area (Å²) in [7, 11) is 1.61. The van der Waals surface area contributed by atoms with Gasteiger partial charge in [0, 0.05) is 0 Å². The predicted octanol–water partition coefficient (Wildman–Crippen LogP) is 0.0769. The minimum Gasteiger partial charge on any atom is -0.497 e. The number of hydrogen-bond donors (Lipinski definition) is 1. The quantitative estimate of drug-likeness (QED) is 0.734. The van der Waals surface area contributed by atoms with Crippen LogP contribution in [0.3, 0.4) is 0 Å². The third kappa shape index (κ3) is 1.39. The summed E-state index contributed by atoms with van der Waals surface area (Å²) in [4.78, 5) is 24.4. The number of rotatable bonds is 2. The molecule has 1 N–H and O–H groups in total. The molecule has 2 unspecified atom stereocenters. The second kappa shape index (κ2) is 3.48. The van der Waals surface area contributed by atoms with Crippen LogP contribution in [-0.2, 0) is 9.59 Å². The largest absolute Gasteiger partial charge is 0.497 e. The fraction of sp³-hybridized carbons (Fsp3) is 0.333. The Labute approximate surface area is 98.4 Å². The van der Waals surface area contributed by atoms with E-state index < -0.39 is 0 Å². The van der Waals surface area contributed by atoms with Gasteiger partial charge in [0.05, 0.1) is 13.2 Å². The average molecular weight is 232 g/mol. The maximum atomic E-state index is 11.6. The van der Waals surface area contributed by atoms with Crippen LogP contribution in [0.15, 0.2) is 24.3 Å². The van der Waals surface area contributed by atoms with Crippen molar-refractivity contribution in [2.24, 2.45) is 0 Å². The smallest absolute Gasteiger partial charge is 0.248 e. The number of hydrogen-bond acceptors (Lipinski definition) is 3. The molecule has 0 aliphatic carbocycles. The molecule has 88 valence electrons. The standard InChI is InChI=1S/C12H12N2O3/c1-17-8-4-2-7(3-5-8)11-10-12(16)14(11)6-9(15)13-10/h2-5,10-11H,6H2,1H3,(H,13,15). The summed E-state index contributed by atoms with van der Waals surface area (Å²) >= 11 is 0. The monoisotopic (exact) mass is 232 g/mol. The number of benzene rings is 1. The molecule has 0 saturated carbocycles. The zero-order valence-electron chi connectivity index (χ0n) is 9.34. The summed E-state index contributed by atoms with van der Waals surface area (Å²) in [6, 6.07) is 7.16. The van der Waals surface area contributed by atoms with Crippen molar-refractivity contribution in [3.05, 3.63) is 29.8 Å². The lowest BCUT2D eigenvalue weighted by Crippen LogP contribution is -2.72. The highest BCUT2D eigenvalue weighted by atomic mass is 16.5. The fourth-order valence-corrected chi connectivity index (χ4v) is 2.41. The first kappa shape index (κ1) is 10.1. The molecule has 2 atom stereocenters. The van der Waals surface area contributed by atoms with E-state index in [2.05, 4.69) is 5.32 Å². The van der Waals surface area contributed by atoms with Crippen molar-refractivity contribution in [1.82, 2.24) is 10.2 Å². The van der Waals surface area contributed by atoms with Gasteiger partial charge in [-0.3, -0.25) is 9.59 Å². The molecule has 2 amide bonds. The van der Waals surface area contributed by atoms with Crippen LogP contribution in [0.1, 0.15) is 11.6 Å². The van der Waals surface area contributed by atoms with Crippen LogP contribution in [-0.4, -0.2) is 36.4 Å². The highest BCUT2D eigenvalue weighted by molar-refractivity contribution is 6.00. The van der Waals surface area contributed by atoms with Crippen molar-refractivity contribution in [1.29, 1.82) is 0 Å². The summed E-state index contributed by atoms with van der Waals surface area (Å²) in [5.74, 6) is 0.702. The Kier molecular flexibility index (Phi) is 2.07. The molecule has 0 radical (unpaired) electrons. The molecule has 1 aromatic carbocycles. The topological polar surface area (TPSA) is 58.6 Å². The van der Waals surface area contributed by atoms with E-state index in [1.807, 2.05) is 24.3 Å². The first-order chi connectivity index (χ1) is 8.20. The summed E-state index contributed by atoms with van der Waals surface area (Å²) < 4.78 is 5.08. The Morgan fingerprint density at radius 2 is 2.00 bits per heavy atom. The number of nitrogens with zero attached hydrogens (tertiary/aromatic N) is 1. The van der Waals surface area contributed by atoms with Gasteiger partial charge in [0.15, 0.2) is 0 Å². The van der Waals surface area contributed by atoms with Crippen molar-refractivity contribution in [2.45, 2.75) is 12.1 Å². The molecule has 1 aromatic rings. The Bertz CT molecular complexity index is 465. The Balaban J connectivity index is 1.86. The van der Waals surface area contributed by atoms with Gasteiger partial charge in [0.1, 0.15) is 18.3 Å². The molecule has 5 nitrogen and oxygen atoms in total. The van der Waals surface area contributed by atoms with E-state index in [1.54, 1.807) is 12.0 Å². The highest BCUT2D eigenvalue weighted by Crippen LogP contribution is 2.37. The lowest BCUT2D eigenvalue weighted by molar-refractivity contribution is -0.163. The fourth-order valence-electron chi connectivity index (χ4n) is 2.41. The summed E-state index contributed by atoms with van der Waals surface area (Å²) in [5.41, 5.74) is 1.02. The lowest BCUT2D eigenvalue weighted by Gasteiger charge is -2.51. The summed E-state index contributed by atoms with van der Waals surface area (Å²) in [6.07, 6.45) is 0. The van der Waals surface area contributed by atoms with Gasteiger partial charge in [-0.2, -0.15) is 0 Å². The van der Waals surface area contributed by atoms with E-state index in [-0.39, 0.29) is 30.4 Å². The van der Waals surface area contributed by atoms with Crippen LogP contribution in [0.4, 0.5) is 0 Å². The number of nitrogens with one attached hydrogen (secondary N) is 1. The number of carbonyl (C=O) groups is 2.